The summed E-state index contributed by atoms with van der Waals surface area (Å²) in [4.78, 5) is 18.4. The monoisotopic (exact) mass is 356 g/mol. The summed E-state index contributed by atoms with van der Waals surface area (Å²) in [5, 5.41) is 0.671. The van der Waals surface area contributed by atoms with Gasteiger partial charge in [-0.3, -0.25) is 4.99 Å². The van der Waals surface area contributed by atoms with E-state index in [4.69, 9.17) is 16.3 Å². The molecule has 0 radical (unpaired) electrons. The lowest BCUT2D eigenvalue weighted by Crippen LogP contribution is -2.43. The number of rotatable bonds is 0. The second kappa shape index (κ2) is 6.93. The number of ether oxygens (including phenoxy) is 1. The summed E-state index contributed by atoms with van der Waals surface area (Å²) < 4.78 is 5.45. The fourth-order valence-corrected chi connectivity index (χ4v) is 3.06. The third-order valence-electron chi connectivity index (χ3n) is 4.02. The first-order valence-electron chi connectivity index (χ1n) is 8.34. The summed E-state index contributed by atoms with van der Waals surface area (Å²) in [7, 11) is 0. The first kappa shape index (κ1) is 17.6. The topological polar surface area (TPSA) is 41.9 Å². The molecule has 3 rings (SSSR count). The third-order valence-corrected chi connectivity index (χ3v) is 4.25. The zero-order valence-corrected chi connectivity index (χ0v) is 15.4. The Morgan fingerprint density at radius 2 is 2.16 bits per heavy atom. The summed E-state index contributed by atoms with van der Waals surface area (Å²) in [6, 6.07) is 7.47. The predicted octanol–water partition coefficient (Wildman–Crippen LogP) is 4.29. The van der Waals surface area contributed by atoms with E-state index in [0.29, 0.717) is 18.1 Å². The number of likely N-dealkylation sites (tertiary alicyclic amines) is 1. The fourth-order valence-electron chi connectivity index (χ4n) is 2.87. The van der Waals surface area contributed by atoms with Crippen LogP contribution < -0.4 is 0 Å². The van der Waals surface area contributed by atoms with Crippen LogP contribution in [0.5, 0.6) is 0 Å². The summed E-state index contributed by atoms with van der Waals surface area (Å²) in [6.07, 6.45) is 2.38. The van der Waals surface area contributed by atoms with E-state index in [-0.39, 0.29) is 12.0 Å². The zero-order valence-electron chi connectivity index (χ0n) is 14.7. The van der Waals surface area contributed by atoms with Crippen molar-refractivity contribution in [3.8, 4) is 11.8 Å². The molecule has 0 spiro atoms. The molecular weight excluding hydrogens is 336 g/mol. The number of hydrogen-bond donors (Lipinski definition) is 0. The van der Waals surface area contributed by atoms with Crippen molar-refractivity contribution >= 4 is 23.4 Å². The molecule has 0 aromatic heterocycles. The van der Waals surface area contributed by atoms with Gasteiger partial charge >= 0.3 is 6.09 Å². The van der Waals surface area contributed by atoms with Gasteiger partial charge in [0.15, 0.2) is 0 Å². The summed E-state index contributed by atoms with van der Waals surface area (Å²) >= 11 is 5.98. The Kier molecular flexibility index (Phi) is 4.87. The van der Waals surface area contributed by atoms with Crippen molar-refractivity contribution in [2.75, 3.05) is 13.1 Å². The maximum Gasteiger partial charge on any atom is 0.410 e. The minimum absolute atomic E-state index is 0.199. The minimum atomic E-state index is -0.484. The molecule has 4 nitrogen and oxygen atoms in total. The molecule has 1 saturated heterocycles. The highest BCUT2D eigenvalue weighted by molar-refractivity contribution is 6.30. The van der Waals surface area contributed by atoms with Crippen LogP contribution in [-0.2, 0) is 4.74 Å². The Morgan fingerprint density at radius 3 is 2.88 bits per heavy atom. The molecule has 5 heteroatoms. The Bertz CT molecular complexity index is 809. The van der Waals surface area contributed by atoms with Crippen molar-refractivity contribution in [2.45, 2.75) is 32.8 Å². The average molecular weight is 357 g/mol. The van der Waals surface area contributed by atoms with Gasteiger partial charge in [0.25, 0.3) is 0 Å². The molecule has 0 bridgehead atoms. The van der Waals surface area contributed by atoms with Gasteiger partial charge in [-0.1, -0.05) is 23.6 Å². The van der Waals surface area contributed by atoms with E-state index < -0.39 is 5.60 Å². The standard InChI is InChI=1S/C20H21ClN2O2/c1-20(2,3)25-19(24)23-10-9-17-15(13-23)12-22-18(17)8-7-14-5-4-6-16(21)11-14/h4-6,11-12,17H,9-10,13H2,1-3H3. The van der Waals surface area contributed by atoms with E-state index in [1.54, 1.807) is 4.90 Å². The van der Waals surface area contributed by atoms with E-state index in [0.717, 1.165) is 23.3 Å². The zero-order chi connectivity index (χ0) is 18.0. The number of hydrogen-bond acceptors (Lipinski definition) is 3. The van der Waals surface area contributed by atoms with Crippen LogP contribution in [0.4, 0.5) is 4.79 Å². The molecule has 1 aromatic rings. The van der Waals surface area contributed by atoms with Gasteiger partial charge in [0, 0.05) is 35.8 Å². The molecule has 0 aliphatic carbocycles. The summed E-state index contributed by atoms with van der Waals surface area (Å²) in [6.45, 7) is 6.82. The van der Waals surface area contributed by atoms with Gasteiger partial charge in [0.05, 0.1) is 5.71 Å². The van der Waals surface area contributed by atoms with Gasteiger partial charge in [-0.05, 0) is 56.9 Å². The van der Waals surface area contributed by atoms with Crippen molar-refractivity contribution in [2.24, 2.45) is 10.9 Å². The Labute approximate surface area is 153 Å². The normalized spacial score (nSPS) is 19.4. The minimum Gasteiger partial charge on any atom is -0.444 e. The first-order valence-corrected chi connectivity index (χ1v) is 8.72. The Morgan fingerprint density at radius 1 is 1.36 bits per heavy atom. The number of fused-ring (bicyclic) bond motifs is 1. The fraction of sp³-hybridized carbons (Fsp3) is 0.400. The molecule has 0 saturated carbocycles. The smallest absolute Gasteiger partial charge is 0.410 e. The molecule has 1 unspecified atom stereocenters. The Hall–Kier alpha value is -2.25. The van der Waals surface area contributed by atoms with Crippen molar-refractivity contribution in [3.05, 3.63) is 46.6 Å². The lowest BCUT2D eigenvalue weighted by Gasteiger charge is -2.33. The molecule has 2 heterocycles. The van der Waals surface area contributed by atoms with Crippen LogP contribution in [-0.4, -0.2) is 35.4 Å². The van der Waals surface area contributed by atoms with Crippen LogP contribution in [0.15, 0.2) is 41.0 Å². The van der Waals surface area contributed by atoms with Gasteiger partial charge in [-0.2, -0.15) is 0 Å². The molecule has 1 atom stereocenters. The molecule has 0 N–H and O–H groups in total. The SMILES string of the molecule is CC(C)(C)OC(=O)N1CCC2C(=CN=C2C#Cc2cccc(Cl)c2)C1. The van der Waals surface area contributed by atoms with Crippen LogP contribution in [0.25, 0.3) is 0 Å². The molecule has 2 aliphatic heterocycles. The number of benzene rings is 1. The maximum atomic E-state index is 12.2. The molecule has 1 amide bonds. The van der Waals surface area contributed by atoms with E-state index in [2.05, 4.69) is 16.8 Å². The van der Waals surface area contributed by atoms with Gasteiger partial charge in [-0.25, -0.2) is 4.79 Å². The van der Waals surface area contributed by atoms with Crippen molar-refractivity contribution in [3.63, 3.8) is 0 Å². The van der Waals surface area contributed by atoms with E-state index in [9.17, 15) is 4.79 Å². The van der Waals surface area contributed by atoms with Crippen molar-refractivity contribution in [1.82, 2.24) is 4.90 Å². The lowest BCUT2D eigenvalue weighted by atomic mass is 9.89. The number of carbonyl (C=O) groups is 1. The number of aliphatic imine (C=N–C) groups is 1. The highest BCUT2D eigenvalue weighted by atomic mass is 35.5. The largest absolute Gasteiger partial charge is 0.444 e. The maximum absolute atomic E-state index is 12.2. The summed E-state index contributed by atoms with van der Waals surface area (Å²) in [5.74, 6) is 6.48. The van der Waals surface area contributed by atoms with E-state index in [1.165, 1.54) is 0 Å². The predicted molar refractivity (Wildman–Crippen MR) is 99.8 cm³/mol. The van der Waals surface area contributed by atoms with Crippen LogP contribution in [0.3, 0.4) is 0 Å². The first-order chi connectivity index (χ1) is 11.8. The van der Waals surface area contributed by atoms with Crippen LogP contribution in [0.1, 0.15) is 32.8 Å². The van der Waals surface area contributed by atoms with Crippen LogP contribution in [0, 0.1) is 17.8 Å². The number of nitrogens with zero attached hydrogens (tertiary/aromatic N) is 2. The average Bonchev–Trinajstić information content (AvgIpc) is 2.93. The number of halogens is 1. The van der Waals surface area contributed by atoms with Gasteiger partial charge < -0.3 is 9.64 Å². The molecule has 25 heavy (non-hydrogen) atoms. The second-order valence-corrected chi connectivity index (χ2v) is 7.66. The van der Waals surface area contributed by atoms with Gasteiger partial charge in [0.2, 0.25) is 0 Å². The van der Waals surface area contributed by atoms with Gasteiger partial charge in [0.1, 0.15) is 5.60 Å². The molecule has 1 aromatic carbocycles. The number of piperidine rings is 1. The lowest BCUT2D eigenvalue weighted by molar-refractivity contribution is 0.0240. The van der Waals surface area contributed by atoms with Crippen LogP contribution >= 0.6 is 11.6 Å². The Balaban J connectivity index is 1.64. The van der Waals surface area contributed by atoms with Crippen LogP contribution in [0.2, 0.25) is 5.02 Å². The van der Waals surface area contributed by atoms with Gasteiger partial charge in [-0.15, -0.1) is 0 Å². The highest BCUT2D eigenvalue weighted by Gasteiger charge is 2.33. The van der Waals surface area contributed by atoms with E-state index >= 15 is 0 Å². The molecular formula is C20H21ClN2O2. The van der Waals surface area contributed by atoms with Crippen molar-refractivity contribution < 1.29 is 9.53 Å². The number of amides is 1. The summed E-state index contributed by atoms with van der Waals surface area (Å²) in [5.41, 5.74) is 2.36. The second-order valence-electron chi connectivity index (χ2n) is 7.22. The molecule has 2 aliphatic rings. The third kappa shape index (κ3) is 4.43. The molecule has 1 fully saturated rings. The number of carbonyl (C=O) groups excluding carboxylic acids is 1. The highest BCUT2D eigenvalue weighted by Crippen LogP contribution is 2.29. The van der Waals surface area contributed by atoms with Crippen molar-refractivity contribution in [1.29, 1.82) is 0 Å². The quantitative estimate of drug-likeness (QED) is 0.651. The molecule has 130 valence electrons. The van der Waals surface area contributed by atoms with E-state index in [1.807, 2.05) is 51.2 Å².